The van der Waals surface area contributed by atoms with Crippen LogP contribution >= 0.6 is 0 Å². The highest BCUT2D eigenvalue weighted by molar-refractivity contribution is 5.81. The maximum atomic E-state index is 11.1. The third kappa shape index (κ3) is 1.79. The summed E-state index contributed by atoms with van der Waals surface area (Å²) in [6, 6.07) is 0. The summed E-state index contributed by atoms with van der Waals surface area (Å²) in [6.07, 6.45) is 4.97. The quantitative estimate of drug-likeness (QED) is 0.542. The monoisotopic (exact) mass is 222 g/mol. The van der Waals surface area contributed by atoms with E-state index in [1.807, 2.05) is 6.08 Å². The first-order valence-electron chi connectivity index (χ1n) is 6.07. The van der Waals surface area contributed by atoms with Crippen LogP contribution in [0.1, 0.15) is 34.1 Å². The molecule has 0 amide bonds. The number of hydrogen-bond donors (Lipinski definition) is 0. The highest BCUT2D eigenvalue weighted by atomic mass is 16.5. The van der Waals surface area contributed by atoms with Crippen LogP contribution in [0.5, 0.6) is 0 Å². The van der Waals surface area contributed by atoms with Gasteiger partial charge in [-0.1, -0.05) is 33.8 Å². The van der Waals surface area contributed by atoms with Crippen molar-refractivity contribution in [2.45, 2.75) is 34.1 Å². The molecule has 3 atom stereocenters. The van der Waals surface area contributed by atoms with Gasteiger partial charge in [0.05, 0.1) is 7.11 Å². The van der Waals surface area contributed by atoms with Crippen LogP contribution in [0.2, 0.25) is 0 Å². The Morgan fingerprint density at radius 2 is 1.88 bits per heavy atom. The zero-order valence-electron chi connectivity index (χ0n) is 10.9. The molecular weight excluding hydrogens is 200 g/mol. The van der Waals surface area contributed by atoms with Crippen LogP contribution in [0, 0.1) is 28.6 Å². The second-order valence-corrected chi connectivity index (χ2v) is 6.55. The van der Waals surface area contributed by atoms with E-state index >= 15 is 0 Å². The molecule has 2 rings (SSSR count). The van der Waals surface area contributed by atoms with Gasteiger partial charge in [0.15, 0.2) is 0 Å². The number of allylic oxidation sites excluding steroid dienone is 1. The molecule has 2 heteroatoms. The van der Waals surface area contributed by atoms with Gasteiger partial charge in [-0.3, -0.25) is 0 Å². The normalized spacial score (nSPS) is 38.4. The maximum absolute atomic E-state index is 11.1. The molecule has 2 aliphatic carbocycles. The van der Waals surface area contributed by atoms with Crippen LogP contribution in [0.15, 0.2) is 12.2 Å². The fourth-order valence-electron chi connectivity index (χ4n) is 3.23. The summed E-state index contributed by atoms with van der Waals surface area (Å²) in [7, 11) is 1.42. The fraction of sp³-hybridized carbons (Fsp3) is 0.786. The van der Waals surface area contributed by atoms with E-state index in [9.17, 15) is 4.79 Å². The van der Waals surface area contributed by atoms with Crippen molar-refractivity contribution in [3.63, 3.8) is 0 Å². The van der Waals surface area contributed by atoms with Crippen molar-refractivity contribution in [1.29, 1.82) is 0 Å². The van der Waals surface area contributed by atoms with E-state index in [0.717, 1.165) is 11.8 Å². The van der Waals surface area contributed by atoms with Gasteiger partial charge in [0.1, 0.15) is 0 Å². The Morgan fingerprint density at radius 1 is 1.31 bits per heavy atom. The summed E-state index contributed by atoms with van der Waals surface area (Å²) in [5.41, 5.74) is 0.888. The number of methoxy groups -OCH3 is 1. The summed E-state index contributed by atoms with van der Waals surface area (Å²) < 4.78 is 4.62. The van der Waals surface area contributed by atoms with Crippen molar-refractivity contribution >= 4 is 5.97 Å². The van der Waals surface area contributed by atoms with Gasteiger partial charge in [0, 0.05) is 6.08 Å². The largest absolute Gasteiger partial charge is 0.466 e. The van der Waals surface area contributed by atoms with Crippen molar-refractivity contribution < 1.29 is 9.53 Å². The second-order valence-electron chi connectivity index (χ2n) is 6.55. The van der Waals surface area contributed by atoms with E-state index in [1.165, 1.54) is 13.5 Å². The summed E-state index contributed by atoms with van der Waals surface area (Å²) >= 11 is 0. The van der Waals surface area contributed by atoms with Crippen molar-refractivity contribution in [2.24, 2.45) is 28.6 Å². The molecule has 3 unspecified atom stereocenters. The molecule has 2 aliphatic rings. The number of carbonyl (C=O) groups excluding carboxylic acids is 1. The molecule has 0 aromatic carbocycles. The van der Waals surface area contributed by atoms with Gasteiger partial charge < -0.3 is 4.74 Å². The van der Waals surface area contributed by atoms with E-state index in [4.69, 9.17) is 0 Å². The number of esters is 1. The molecular formula is C14H22O2. The van der Waals surface area contributed by atoms with Crippen LogP contribution in [0.4, 0.5) is 0 Å². The SMILES string of the molecule is COC(=O)/C=C\C1C(C2CC2(C)C)C1(C)C. The molecule has 0 aromatic heterocycles. The van der Waals surface area contributed by atoms with Gasteiger partial charge in [0.25, 0.3) is 0 Å². The average molecular weight is 222 g/mol. The molecule has 0 N–H and O–H groups in total. The second kappa shape index (κ2) is 3.35. The smallest absolute Gasteiger partial charge is 0.330 e. The number of ether oxygens (including phenoxy) is 1. The Kier molecular flexibility index (Phi) is 2.45. The molecule has 2 nitrogen and oxygen atoms in total. The maximum Gasteiger partial charge on any atom is 0.330 e. The molecule has 90 valence electrons. The zero-order chi connectivity index (χ0) is 12.1. The minimum atomic E-state index is -0.239. The topological polar surface area (TPSA) is 26.3 Å². The average Bonchev–Trinajstić information content (AvgIpc) is 2.96. The lowest BCUT2D eigenvalue weighted by Crippen LogP contribution is -1.97. The zero-order valence-corrected chi connectivity index (χ0v) is 10.9. The summed E-state index contributed by atoms with van der Waals surface area (Å²) in [4.78, 5) is 11.1. The predicted molar refractivity (Wildman–Crippen MR) is 63.8 cm³/mol. The third-order valence-electron chi connectivity index (χ3n) is 4.66. The minimum absolute atomic E-state index is 0.239. The van der Waals surface area contributed by atoms with Gasteiger partial charge in [0.2, 0.25) is 0 Å². The molecule has 0 aromatic rings. The summed E-state index contributed by atoms with van der Waals surface area (Å²) in [6.45, 7) is 9.29. The Morgan fingerprint density at radius 3 is 2.31 bits per heavy atom. The first-order valence-corrected chi connectivity index (χ1v) is 6.07. The number of rotatable bonds is 3. The van der Waals surface area contributed by atoms with Gasteiger partial charge in [-0.15, -0.1) is 0 Å². The number of carbonyl (C=O) groups is 1. The van der Waals surface area contributed by atoms with E-state index in [0.29, 0.717) is 16.7 Å². The Bertz CT molecular complexity index is 339. The van der Waals surface area contributed by atoms with Gasteiger partial charge in [-0.05, 0) is 35.0 Å². The molecule has 0 aliphatic heterocycles. The van der Waals surface area contributed by atoms with Crippen LogP contribution in [-0.4, -0.2) is 13.1 Å². The van der Waals surface area contributed by atoms with Crippen molar-refractivity contribution in [3.05, 3.63) is 12.2 Å². The lowest BCUT2D eigenvalue weighted by Gasteiger charge is -2.03. The molecule has 2 fully saturated rings. The van der Waals surface area contributed by atoms with E-state index in [1.54, 1.807) is 6.08 Å². The Hall–Kier alpha value is -0.790. The van der Waals surface area contributed by atoms with Crippen LogP contribution in [-0.2, 0) is 9.53 Å². The molecule has 0 spiro atoms. The molecule has 0 saturated heterocycles. The van der Waals surface area contributed by atoms with Gasteiger partial charge >= 0.3 is 5.97 Å². The van der Waals surface area contributed by atoms with Crippen LogP contribution in [0.3, 0.4) is 0 Å². The van der Waals surface area contributed by atoms with E-state index < -0.39 is 0 Å². The van der Waals surface area contributed by atoms with Crippen molar-refractivity contribution in [2.75, 3.05) is 7.11 Å². The lowest BCUT2D eigenvalue weighted by atomic mass is 10.0. The van der Waals surface area contributed by atoms with Crippen molar-refractivity contribution in [3.8, 4) is 0 Å². The summed E-state index contributed by atoms with van der Waals surface area (Å²) in [5, 5.41) is 0. The Labute approximate surface area is 98.1 Å². The molecule has 0 radical (unpaired) electrons. The van der Waals surface area contributed by atoms with E-state index in [-0.39, 0.29) is 5.97 Å². The predicted octanol–water partition coefficient (Wildman–Crippen LogP) is 3.03. The van der Waals surface area contributed by atoms with Crippen LogP contribution < -0.4 is 0 Å². The highest BCUT2D eigenvalue weighted by Crippen LogP contribution is 2.73. The first kappa shape index (κ1) is 11.7. The molecule has 2 saturated carbocycles. The van der Waals surface area contributed by atoms with E-state index in [2.05, 4.69) is 32.4 Å². The fourth-order valence-corrected chi connectivity index (χ4v) is 3.23. The minimum Gasteiger partial charge on any atom is -0.466 e. The van der Waals surface area contributed by atoms with Gasteiger partial charge in [-0.2, -0.15) is 0 Å². The molecule has 0 heterocycles. The summed E-state index contributed by atoms with van der Waals surface area (Å²) in [5.74, 6) is 1.91. The molecule has 16 heavy (non-hydrogen) atoms. The Balaban J connectivity index is 1.98. The first-order chi connectivity index (χ1) is 7.30. The van der Waals surface area contributed by atoms with Crippen molar-refractivity contribution in [1.82, 2.24) is 0 Å². The van der Waals surface area contributed by atoms with Gasteiger partial charge in [-0.25, -0.2) is 4.79 Å². The third-order valence-corrected chi connectivity index (χ3v) is 4.66. The van der Waals surface area contributed by atoms with Crippen LogP contribution in [0.25, 0.3) is 0 Å². The molecule has 0 bridgehead atoms. The highest BCUT2D eigenvalue weighted by Gasteiger charge is 2.67. The number of hydrogen-bond acceptors (Lipinski definition) is 2. The lowest BCUT2D eigenvalue weighted by molar-refractivity contribution is -0.134. The standard InChI is InChI=1S/C14H22O2/c1-13(2)8-10(13)12-9(14(12,3)4)6-7-11(15)16-5/h6-7,9-10,12H,8H2,1-5H3/b7-6-.